The highest BCUT2D eigenvalue weighted by molar-refractivity contribution is 5.48. The summed E-state index contributed by atoms with van der Waals surface area (Å²) in [5, 5.41) is 22.1. The molecule has 0 amide bonds. The summed E-state index contributed by atoms with van der Waals surface area (Å²) in [6.07, 6.45) is -0.657. The van der Waals surface area contributed by atoms with E-state index in [2.05, 4.69) is 11.4 Å². The number of aliphatic hydroxyl groups is 1. The molecule has 0 bridgehead atoms. The predicted octanol–water partition coefficient (Wildman–Crippen LogP) is 2.43. The number of nitrogens with zero attached hydrogens (tertiary/aromatic N) is 1. The van der Waals surface area contributed by atoms with Crippen molar-refractivity contribution in [1.29, 1.82) is 5.26 Å². The molecule has 21 heavy (non-hydrogen) atoms. The van der Waals surface area contributed by atoms with E-state index in [4.69, 9.17) is 14.7 Å². The Hall–Kier alpha value is -2.71. The Morgan fingerprint density at radius 3 is 2.67 bits per heavy atom. The first-order chi connectivity index (χ1) is 10.3. The van der Waals surface area contributed by atoms with Gasteiger partial charge in [-0.1, -0.05) is 6.07 Å². The number of aliphatic hydroxyl groups excluding tert-OH is 1. The van der Waals surface area contributed by atoms with E-state index in [0.717, 1.165) is 11.3 Å². The Morgan fingerprint density at radius 1 is 1.14 bits per heavy atom. The SMILES string of the molecule is N#Cc1ccc(NCC(O)c2ccc3c(c2)OCO3)cc1. The smallest absolute Gasteiger partial charge is 0.231 e. The van der Waals surface area contributed by atoms with Gasteiger partial charge in [-0.2, -0.15) is 5.26 Å². The predicted molar refractivity (Wildman–Crippen MR) is 77.2 cm³/mol. The third kappa shape index (κ3) is 2.91. The van der Waals surface area contributed by atoms with Crippen LogP contribution < -0.4 is 14.8 Å². The highest BCUT2D eigenvalue weighted by Gasteiger charge is 2.16. The third-order valence-electron chi connectivity index (χ3n) is 3.29. The van der Waals surface area contributed by atoms with Crippen molar-refractivity contribution >= 4 is 5.69 Å². The quantitative estimate of drug-likeness (QED) is 0.901. The van der Waals surface area contributed by atoms with Crippen LogP contribution in [0, 0.1) is 11.3 Å². The lowest BCUT2D eigenvalue weighted by molar-refractivity contribution is 0.173. The summed E-state index contributed by atoms with van der Waals surface area (Å²) >= 11 is 0. The molecular weight excluding hydrogens is 268 g/mol. The van der Waals surface area contributed by atoms with Gasteiger partial charge >= 0.3 is 0 Å². The molecule has 0 radical (unpaired) electrons. The molecule has 3 rings (SSSR count). The van der Waals surface area contributed by atoms with Crippen LogP contribution in [-0.2, 0) is 0 Å². The molecule has 0 saturated heterocycles. The molecule has 1 heterocycles. The van der Waals surface area contributed by atoms with Gasteiger partial charge in [0.1, 0.15) is 0 Å². The molecule has 5 heteroatoms. The number of ether oxygens (including phenoxy) is 2. The molecular formula is C16H14N2O3. The van der Waals surface area contributed by atoms with Gasteiger partial charge in [0.15, 0.2) is 11.5 Å². The average Bonchev–Trinajstić information content (AvgIpc) is 3.00. The van der Waals surface area contributed by atoms with Crippen molar-refractivity contribution in [3.63, 3.8) is 0 Å². The van der Waals surface area contributed by atoms with Crippen molar-refractivity contribution in [3.8, 4) is 17.6 Å². The summed E-state index contributed by atoms with van der Waals surface area (Å²) in [5.74, 6) is 1.36. The maximum atomic E-state index is 10.2. The molecule has 106 valence electrons. The highest BCUT2D eigenvalue weighted by atomic mass is 16.7. The standard InChI is InChI=1S/C16H14N2O3/c17-8-11-1-4-13(5-2-11)18-9-14(19)12-3-6-15-16(7-12)21-10-20-15/h1-7,14,18-19H,9-10H2. The van der Waals surface area contributed by atoms with Gasteiger partial charge in [0.2, 0.25) is 6.79 Å². The zero-order chi connectivity index (χ0) is 14.7. The maximum Gasteiger partial charge on any atom is 0.231 e. The van der Waals surface area contributed by atoms with E-state index in [-0.39, 0.29) is 6.79 Å². The monoisotopic (exact) mass is 282 g/mol. The van der Waals surface area contributed by atoms with Crippen molar-refractivity contribution in [2.24, 2.45) is 0 Å². The summed E-state index contributed by atoms with van der Waals surface area (Å²) in [5.41, 5.74) is 2.23. The molecule has 0 aromatic heterocycles. The van der Waals surface area contributed by atoms with Gasteiger partial charge in [-0.15, -0.1) is 0 Å². The Labute approximate surface area is 122 Å². The second-order valence-corrected chi connectivity index (χ2v) is 4.70. The third-order valence-corrected chi connectivity index (χ3v) is 3.29. The lowest BCUT2D eigenvalue weighted by Crippen LogP contribution is -2.12. The van der Waals surface area contributed by atoms with E-state index >= 15 is 0 Å². The number of hydrogen-bond donors (Lipinski definition) is 2. The molecule has 2 aromatic carbocycles. The summed E-state index contributed by atoms with van der Waals surface area (Å²) in [7, 11) is 0. The molecule has 2 N–H and O–H groups in total. The summed E-state index contributed by atoms with van der Waals surface area (Å²) in [6, 6.07) is 14.5. The topological polar surface area (TPSA) is 74.5 Å². The summed E-state index contributed by atoms with van der Waals surface area (Å²) < 4.78 is 10.5. The van der Waals surface area contributed by atoms with Crippen LogP contribution in [0.2, 0.25) is 0 Å². The van der Waals surface area contributed by atoms with Gasteiger partial charge in [-0.3, -0.25) is 0 Å². The number of rotatable bonds is 4. The van der Waals surface area contributed by atoms with Crippen molar-refractivity contribution in [2.45, 2.75) is 6.10 Å². The van der Waals surface area contributed by atoms with Gasteiger partial charge < -0.3 is 19.9 Å². The van der Waals surface area contributed by atoms with Crippen molar-refractivity contribution in [3.05, 3.63) is 53.6 Å². The zero-order valence-corrected chi connectivity index (χ0v) is 11.2. The molecule has 0 fully saturated rings. The molecule has 5 nitrogen and oxygen atoms in total. The first-order valence-electron chi connectivity index (χ1n) is 6.58. The van der Waals surface area contributed by atoms with Crippen LogP contribution in [0.15, 0.2) is 42.5 Å². The molecule has 0 spiro atoms. The van der Waals surface area contributed by atoms with E-state index < -0.39 is 6.10 Å². The minimum absolute atomic E-state index is 0.221. The zero-order valence-electron chi connectivity index (χ0n) is 11.2. The van der Waals surface area contributed by atoms with E-state index in [9.17, 15) is 5.11 Å². The largest absolute Gasteiger partial charge is 0.454 e. The van der Waals surface area contributed by atoms with Gasteiger partial charge in [0.25, 0.3) is 0 Å². The lowest BCUT2D eigenvalue weighted by Gasteiger charge is -2.13. The number of hydrogen-bond acceptors (Lipinski definition) is 5. The lowest BCUT2D eigenvalue weighted by atomic mass is 10.1. The van der Waals surface area contributed by atoms with Crippen molar-refractivity contribution in [2.75, 3.05) is 18.7 Å². The summed E-state index contributed by atoms with van der Waals surface area (Å²) in [6.45, 7) is 0.587. The molecule has 0 aliphatic carbocycles. The van der Waals surface area contributed by atoms with Crippen LogP contribution in [0.25, 0.3) is 0 Å². The fourth-order valence-electron chi connectivity index (χ4n) is 2.12. The van der Waals surface area contributed by atoms with Crippen molar-refractivity contribution in [1.82, 2.24) is 0 Å². The second-order valence-electron chi connectivity index (χ2n) is 4.70. The normalized spacial score (nSPS) is 13.5. The Balaban J connectivity index is 1.63. The second kappa shape index (κ2) is 5.73. The van der Waals surface area contributed by atoms with Gasteiger partial charge in [0, 0.05) is 12.2 Å². The van der Waals surface area contributed by atoms with Gasteiger partial charge in [-0.05, 0) is 42.0 Å². The number of anilines is 1. The number of benzene rings is 2. The Morgan fingerprint density at radius 2 is 1.90 bits per heavy atom. The molecule has 2 aromatic rings. The average molecular weight is 282 g/mol. The summed E-state index contributed by atoms with van der Waals surface area (Å²) in [4.78, 5) is 0. The molecule has 1 aliphatic rings. The molecule has 1 unspecified atom stereocenters. The number of fused-ring (bicyclic) bond motifs is 1. The number of nitriles is 1. The van der Waals surface area contributed by atoms with Crippen LogP contribution >= 0.6 is 0 Å². The van der Waals surface area contributed by atoms with Crippen LogP contribution in [0.3, 0.4) is 0 Å². The Bertz CT molecular complexity index is 677. The molecule has 1 atom stereocenters. The fourth-order valence-corrected chi connectivity index (χ4v) is 2.12. The minimum Gasteiger partial charge on any atom is -0.454 e. The van der Waals surface area contributed by atoms with E-state index in [1.165, 1.54) is 0 Å². The van der Waals surface area contributed by atoms with E-state index in [1.807, 2.05) is 18.2 Å². The Kier molecular flexibility index (Phi) is 3.63. The van der Waals surface area contributed by atoms with Crippen LogP contribution in [0.5, 0.6) is 11.5 Å². The fraction of sp³-hybridized carbons (Fsp3) is 0.188. The highest BCUT2D eigenvalue weighted by Crippen LogP contribution is 2.34. The molecule has 0 saturated carbocycles. The minimum atomic E-state index is -0.657. The van der Waals surface area contributed by atoms with Gasteiger partial charge in [0.05, 0.1) is 17.7 Å². The first-order valence-corrected chi connectivity index (χ1v) is 6.58. The van der Waals surface area contributed by atoms with Crippen LogP contribution in [0.4, 0.5) is 5.69 Å². The van der Waals surface area contributed by atoms with Crippen LogP contribution in [-0.4, -0.2) is 18.4 Å². The first kappa shape index (κ1) is 13.3. The van der Waals surface area contributed by atoms with E-state index in [0.29, 0.717) is 23.6 Å². The van der Waals surface area contributed by atoms with E-state index in [1.54, 1.807) is 24.3 Å². The number of nitrogens with one attached hydrogen (secondary N) is 1. The van der Waals surface area contributed by atoms with Gasteiger partial charge in [-0.25, -0.2) is 0 Å². The maximum absolute atomic E-state index is 10.2. The van der Waals surface area contributed by atoms with Crippen molar-refractivity contribution < 1.29 is 14.6 Å². The molecule has 1 aliphatic heterocycles. The van der Waals surface area contributed by atoms with Crippen LogP contribution in [0.1, 0.15) is 17.2 Å².